The third kappa shape index (κ3) is 4.27. The molecule has 1 aliphatic heterocycles. The second-order valence-electron chi connectivity index (χ2n) is 8.68. The first-order valence-corrected chi connectivity index (χ1v) is 11.5. The fraction of sp³-hybridized carbons (Fsp3) is 0.241. The van der Waals surface area contributed by atoms with Gasteiger partial charge in [-0.2, -0.15) is 0 Å². The number of amides is 2. The van der Waals surface area contributed by atoms with E-state index in [1.54, 1.807) is 0 Å². The van der Waals surface area contributed by atoms with Crippen LogP contribution in [0, 0.1) is 11.8 Å². The van der Waals surface area contributed by atoms with E-state index in [1.165, 1.54) is 4.90 Å². The summed E-state index contributed by atoms with van der Waals surface area (Å²) in [5.41, 5.74) is 3.21. The number of fused-ring (bicyclic) bond motifs is 1. The molecular weight excluding hydrogens is 410 g/mol. The second kappa shape index (κ2) is 9.55. The van der Waals surface area contributed by atoms with E-state index in [0.29, 0.717) is 13.2 Å². The molecule has 0 spiro atoms. The van der Waals surface area contributed by atoms with Crippen LogP contribution in [0.3, 0.4) is 0 Å². The van der Waals surface area contributed by atoms with Crippen molar-refractivity contribution in [1.29, 1.82) is 0 Å². The number of benzene rings is 3. The zero-order chi connectivity index (χ0) is 22.6. The summed E-state index contributed by atoms with van der Waals surface area (Å²) in [5.74, 6) is -1.20. The summed E-state index contributed by atoms with van der Waals surface area (Å²) < 4.78 is 5.79. The highest BCUT2D eigenvalue weighted by Gasteiger charge is 2.54. The molecule has 4 heteroatoms. The number of hydrogen-bond acceptors (Lipinski definition) is 3. The number of carbonyl (C=O) groups excluding carboxylic acids is 2. The van der Waals surface area contributed by atoms with E-state index in [2.05, 4.69) is 12.2 Å². The summed E-state index contributed by atoms with van der Waals surface area (Å²) in [6, 6.07) is 29.9. The molecule has 2 amide bonds. The number of allylic oxidation sites excluding steroid dienone is 2. The predicted octanol–water partition coefficient (Wildman–Crippen LogP) is 4.94. The van der Waals surface area contributed by atoms with Crippen LogP contribution in [-0.2, 0) is 20.9 Å². The lowest BCUT2D eigenvalue weighted by Crippen LogP contribution is -2.34. The molecule has 0 unspecified atom stereocenters. The van der Waals surface area contributed by atoms with Gasteiger partial charge < -0.3 is 4.74 Å². The number of imide groups is 1. The Bertz CT molecular complexity index is 1060. The molecule has 1 fully saturated rings. The maximum atomic E-state index is 13.6. The third-order valence-electron chi connectivity index (χ3n) is 6.73. The highest BCUT2D eigenvalue weighted by atomic mass is 16.5. The molecule has 166 valence electrons. The van der Waals surface area contributed by atoms with Gasteiger partial charge in [0, 0.05) is 11.8 Å². The Balaban J connectivity index is 1.38. The van der Waals surface area contributed by atoms with Gasteiger partial charge in [-0.1, -0.05) is 103 Å². The highest BCUT2D eigenvalue weighted by Crippen LogP contribution is 2.49. The molecule has 1 heterocycles. The number of nitrogens with zero attached hydrogens (tertiary/aromatic N) is 1. The van der Waals surface area contributed by atoms with E-state index in [1.807, 2.05) is 91.0 Å². The fourth-order valence-corrected chi connectivity index (χ4v) is 5.14. The normalized spacial score (nSPS) is 24.2. The van der Waals surface area contributed by atoms with Crippen molar-refractivity contribution < 1.29 is 14.3 Å². The van der Waals surface area contributed by atoms with Crippen LogP contribution >= 0.6 is 0 Å². The Morgan fingerprint density at radius 3 is 1.58 bits per heavy atom. The molecule has 3 aromatic rings. The summed E-state index contributed by atoms with van der Waals surface area (Å²) in [4.78, 5) is 28.6. The minimum Gasteiger partial charge on any atom is -0.375 e. The zero-order valence-electron chi connectivity index (χ0n) is 18.4. The standard InChI is InChI=1S/C29H27NO3/c31-28-26-24(22-12-6-2-7-13-22)16-17-25(23-14-8-3-9-15-23)27(26)29(32)30(28)18-19-33-20-21-10-4-1-5-11-21/h1-17,24-27H,18-20H2/t24-,25-,26-,27+/m0/s1. The molecule has 0 bridgehead atoms. The molecule has 5 rings (SSSR count). The Kier molecular flexibility index (Phi) is 6.18. The molecule has 0 N–H and O–H groups in total. The smallest absolute Gasteiger partial charge is 0.234 e. The highest BCUT2D eigenvalue weighted by molar-refractivity contribution is 6.06. The van der Waals surface area contributed by atoms with Crippen LogP contribution in [0.2, 0.25) is 0 Å². The first-order chi connectivity index (χ1) is 16.2. The van der Waals surface area contributed by atoms with E-state index in [4.69, 9.17) is 4.74 Å². The van der Waals surface area contributed by atoms with Crippen LogP contribution in [0.4, 0.5) is 0 Å². The molecule has 0 radical (unpaired) electrons. The van der Waals surface area contributed by atoms with Crippen LogP contribution in [0.15, 0.2) is 103 Å². The minimum absolute atomic E-state index is 0.0903. The van der Waals surface area contributed by atoms with Crippen molar-refractivity contribution in [3.8, 4) is 0 Å². The largest absolute Gasteiger partial charge is 0.375 e. The van der Waals surface area contributed by atoms with Gasteiger partial charge in [0.15, 0.2) is 0 Å². The van der Waals surface area contributed by atoms with E-state index in [-0.39, 0.29) is 30.2 Å². The van der Waals surface area contributed by atoms with Crippen molar-refractivity contribution in [2.75, 3.05) is 13.2 Å². The molecule has 0 saturated carbocycles. The molecule has 1 aliphatic carbocycles. The topological polar surface area (TPSA) is 46.6 Å². The molecule has 3 aromatic carbocycles. The van der Waals surface area contributed by atoms with E-state index < -0.39 is 11.8 Å². The Morgan fingerprint density at radius 1 is 0.636 bits per heavy atom. The molecule has 33 heavy (non-hydrogen) atoms. The summed E-state index contributed by atoms with van der Waals surface area (Å²) in [5, 5.41) is 0. The maximum absolute atomic E-state index is 13.6. The van der Waals surface area contributed by atoms with Gasteiger partial charge in [0.25, 0.3) is 0 Å². The SMILES string of the molecule is O=C1[C@@H]2[C@H](C(=O)N1CCOCc1ccccc1)[C@H](c1ccccc1)C=C[C@H]2c1ccccc1. The van der Waals surface area contributed by atoms with Crippen molar-refractivity contribution in [1.82, 2.24) is 4.90 Å². The van der Waals surface area contributed by atoms with Gasteiger partial charge in [-0.15, -0.1) is 0 Å². The third-order valence-corrected chi connectivity index (χ3v) is 6.73. The van der Waals surface area contributed by atoms with E-state index in [9.17, 15) is 9.59 Å². The Hall–Kier alpha value is -3.50. The molecule has 1 saturated heterocycles. The molecule has 4 nitrogen and oxygen atoms in total. The summed E-state index contributed by atoms with van der Waals surface area (Å²) in [7, 11) is 0. The van der Waals surface area contributed by atoms with Gasteiger partial charge in [0.2, 0.25) is 11.8 Å². The lowest BCUT2D eigenvalue weighted by molar-refractivity contribution is -0.140. The molecule has 4 atom stereocenters. The minimum atomic E-state index is -0.399. The van der Waals surface area contributed by atoms with Crippen LogP contribution < -0.4 is 0 Å². The zero-order valence-corrected chi connectivity index (χ0v) is 18.4. The Labute approximate surface area is 194 Å². The molecule has 0 aromatic heterocycles. The van der Waals surface area contributed by atoms with E-state index in [0.717, 1.165) is 16.7 Å². The number of hydrogen-bond donors (Lipinski definition) is 0. The maximum Gasteiger partial charge on any atom is 0.234 e. The lowest BCUT2D eigenvalue weighted by atomic mass is 9.68. The number of likely N-dealkylation sites (tertiary alicyclic amines) is 1. The summed E-state index contributed by atoms with van der Waals surface area (Å²) in [6.07, 6.45) is 4.24. The van der Waals surface area contributed by atoms with Crippen molar-refractivity contribution in [2.45, 2.75) is 18.4 Å². The Morgan fingerprint density at radius 2 is 1.09 bits per heavy atom. The molecular formula is C29H27NO3. The van der Waals surface area contributed by atoms with Gasteiger partial charge in [0.1, 0.15) is 0 Å². The van der Waals surface area contributed by atoms with Gasteiger partial charge in [-0.25, -0.2) is 0 Å². The first-order valence-electron chi connectivity index (χ1n) is 11.5. The van der Waals surface area contributed by atoms with Crippen LogP contribution in [0.5, 0.6) is 0 Å². The second-order valence-corrected chi connectivity index (χ2v) is 8.68. The van der Waals surface area contributed by atoms with Gasteiger partial charge in [-0.3, -0.25) is 14.5 Å². The quantitative estimate of drug-likeness (QED) is 0.299. The van der Waals surface area contributed by atoms with Gasteiger partial charge in [-0.05, 0) is 16.7 Å². The van der Waals surface area contributed by atoms with Crippen molar-refractivity contribution >= 4 is 11.8 Å². The van der Waals surface area contributed by atoms with Crippen molar-refractivity contribution in [3.05, 3.63) is 120 Å². The van der Waals surface area contributed by atoms with Crippen LogP contribution in [0.1, 0.15) is 28.5 Å². The van der Waals surface area contributed by atoms with E-state index >= 15 is 0 Å². The molecule has 2 aliphatic rings. The predicted molar refractivity (Wildman–Crippen MR) is 127 cm³/mol. The van der Waals surface area contributed by atoms with Gasteiger partial charge >= 0.3 is 0 Å². The monoisotopic (exact) mass is 437 g/mol. The van der Waals surface area contributed by atoms with Crippen LogP contribution in [-0.4, -0.2) is 29.9 Å². The van der Waals surface area contributed by atoms with Gasteiger partial charge in [0.05, 0.1) is 31.6 Å². The number of carbonyl (C=O) groups is 2. The number of rotatable bonds is 7. The van der Waals surface area contributed by atoms with Crippen LogP contribution in [0.25, 0.3) is 0 Å². The lowest BCUT2D eigenvalue weighted by Gasteiger charge is -2.32. The van der Waals surface area contributed by atoms with Crippen molar-refractivity contribution in [2.24, 2.45) is 11.8 Å². The summed E-state index contributed by atoms with van der Waals surface area (Å²) >= 11 is 0. The average molecular weight is 438 g/mol. The average Bonchev–Trinajstić information content (AvgIpc) is 3.13. The first kappa shape index (κ1) is 21.4. The number of ether oxygens (including phenoxy) is 1. The van der Waals surface area contributed by atoms with Crippen molar-refractivity contribution in [3.63, 3.8) is 0 Å². The summed E-state index contributed by atoms with van der Waals surface area (Å²) in [6.45, 7) is 1.07. The fourth-order valence-electron chi connectivity index (χ4n) is 5.14.